The molecule has 0 aromatic heterocycles. The number of nitrogens with one attached hydrogen (secondary N) is 1. The van der Waals surface area contributed by atoms with Gasteiger partial charge in [-0.2, -0.15) is 13.7 Å². The van der Waals surface area contributed by atoms with Gasteiger partial charge >= 0.3 is 0 Å². The Morgan fingerprint density at radius 2 is 1.47 bits per heavy atom. The van der Waals surface area contributed by atoms with Crippen molar-refractivity contribution >= 4 is 32.2 Å². The summed E-state index contributed by atoms with van der Waals surface area (Å²) in [7, 11) is -8.01. The van der Waals surface area contributed by atoms with Crippen molar-refractivity contribution in [2.24, 2.45) is 5.10 Å². The molecule has 4 rings (SSSR count). The van der Waals surface area contributed by atoms with Crippen molar-refractivity contribution in [3.05, 3.63) is 96.1 Å². The average molecular weight is 527 g/mol. The van der Waals surface area contributed by atoms with Crippen molar-refractivity contribution in [1.82, 2.24) is 14.0 Å². The predicted octanol–water partition coefficient (Wildman–Crippen LogP) is 2.21. The summed E-state index contributed by atoms with van der Waals surface area (Å²) in [5.41, 5.74) is 4.15. The summed E-state index contributed by atoms with van der Waals surface area (Å²) in [5, 5.41) is 3.98. The molecular formula is C25H26N4O5S2. The number of hydrogen-bond donors (Lipinski definition) is 1. The van der Waals surface area contributed by atoms with E-state index in [0.29, 0.717) is 0 Å². The molecule has 3 aromatic carbocycles. The molecule has 1 amide bonds. The molecule has 36 heavy (non-hydrogen) atoms. The van der Waals surface area contributed by atoms with Gasteiger partial charge in [0.25, 0.3) is 5.91 Å². The zero-order valence-corrected chi connectivity index (χ0v) is 21.2. The van der Waals surface area contributed by atoms with Crippen LogP contribution in [0.2, 0.25) is 0 Å². The summed E-state index contributed by atoms with van der Waals surface area (Å²) in [5.74, 6) is -0.730. The van der Waals surface area contributed by atoms with Crippen LogP contribution >= 0.6 is 0 Å². The van der Waals surface area contributed by atoms with E-state index < -0.39 is 32.0 Å². The molecule has 0 aliphatic carbocycles. The molecule has 1 aliphatic heterocycles. The van der Waals surface area contributed by atoms with Crippen LogP contribution in [0.4, 0.5) is 0 Å². The second kappa shape index (κ2) is 10.7. The molecule has 1 aliphatic rings. The third-order valence-corrected chi connectivity index (χ3v) is 9.56. The van der Waals surface area contributed by atoms with E-state index in [9.17, 15) is 21.6 Å². The van der Waals surface area contributed by atoms with E-state index in [-0.39, 0.29) is 29.4 Å². The van der Waals surface area contributed by atoms with Gasteiger partial charge in [0.05, 0.1) is 16.0 Å². The fourth-order valence-corrected chi connectivity index (χ4v) is 6.98. The lowest BCUT2D eigenvalue weighted by molar-refractivity contribution is -0.125. The van der Waals surface area contributed by atoms with Gasteiger partial charge < -0.3 is 0 Å². The third-order valence-electron chi connectivity index (χ3n) is 5.76. The van der Waals surface area contributed by atoms with Gasteiger partial charge in [-0.05, 0) is 36.8 Å². The molecule has 3 aromatic rings. The maximum Gasteiger partial charge on any atom is 0.259 e. The summed E-state index contributed by atoms with van der Waals surface area (Å²) < 4.78 is 55.4. The number of amides is 1. The van der Waals surface area contributed by atoms with E-state index in [1.807, 2.05) is 31.2 Å². The molecule has 11 heteroatoms. The highest BCUT2D eigenvalue weighted by atomic mass is 32.2. The van der Waals surface area contributed by atoms with Gasteiger partial charge in [-0.15, -0.1) is 0 Å². The maximum atomic E-state index is 13.4. The standard InChI is InChI=1S/C25H26N4O5S2/c1-20-9-8-10-21(17-20)18-26-27-25(30)24-19-28(35(31,32)22-11-4-2-5-12-22)15-16-29(24)36(33,34)23-13-6-3-7-14-23/h2-14,17-18,24H,15-16,19H2,1H3,(H,27,30)/b26-18-/t24-/m1/s1. The van der Waals surface area contributed by atoms with Crippen molar-refractivity contribution in [2.75, 3.05) is 19.6 Å². The minimum Gasteiger partial charge on any atom is -0.271 e. The molecule has 0 spiro atoms. The first kappa shape index (κ1) is 25.7. The molecule has 188 valence electrons. The Labute approximate surface area is 211 Å². The number of nitrogens with zero attached hydrogens (tertiary/aromatic N) is 3. The van der Waals surface area contributed by atoms with Crippen molar-refractivity contribution in [3.8, 4) is 0 Å². The van der Waals surface area contributed by atoms with E-state index in [0.717, 1.165) is 19.7 Å². The number of piperazine rings is 1. The summed E-state index contributed by atoms with van der Waals surface area (Å²) in [6.07, 6.45) is 1.45. The Bertz CT molecular complexity index is 1460. The van der Waals surface area contributed by atoms with Gasteiger partial charge in [0, 0.05) is 19.6 Å². The smallest absolute Gasteiger partial charge is 0.259 e. The van der Waals surface area contributed by atoms with Gasteiger partial charge in [-0.3, -0.25) is 4.79 Å². The first-order valence-corrected chi connectivity index (χ1v) is 14.1. The molecule has 9 nitrogen and oxygen atoms in total. The third kappa shape index (κ3) is 5.54. The molecule has 1 saturated heterocycles. The van der Waals surface area contributed by atoms with Gasteiger partial charge in [0.1, 0.15) is 6.04 Å². The van der Waals surface area contributed by atoms with E-state index in [4.69, 9.17) is 0 Å². The zero-order chi connectivity index (χ0) is 25.8. The second-order valence-electron chi connectivity index (χ2n) is 8.27. The summed E-state index contributed by atoms with van der Waals surface area (Å²) in [6.45, 7) is 1.28. The lowest BCUT2D eigenvalue weighted by Crippen LogP contribution is -2.60. The fourth-order valence-electron chi connectivity index (χ4n) is 3.93. The van der Waals surface area contributed by atoms with E-state index in [1.165, 1.54) is 30.5 Å². The fraction of sp³-hybridized carbons (Fsp3) is 0.200. The number of hydrazone groups is 1. The Kier molecular flexibility index (Phi) is 7.65. The van der Waals surface area contributed by atoms with Crippen LogP contribution in [0.1, 0.15) is 11.1 Å². The lowest BCUT2D eigenvalue weighted by Gasteiger charge is -2.38. The van der Waals surface area contributed by atoms with Crippen LogP contribution in [-0.4, -0.2) is 63.2 Å². The van der Waals surface area contributed by atoms with Crippen LogP contribution in [0.15, 0.2) is 99.8 Å². The molecule has 1 heterocycles. The Hall–Kier alpha value is -3.38. The van der Waals surface area contributed by atoms with Crippen LogP contribution in [0, 0.1) is 6.92 Å². The summed E-state index contributed by atoms with van der Waals surface area (Å²) in [4.78, 5) is 13.3. The van der Waals surface area contributed by atoms with Gasteiger partial charge in [-0.1, -0.05) is 66.2 Å². The van der Waals surface area contributed by atoms with Gasteiger partial charge in [0.2, 0.25) is 20.0 Å². The monoisotopic (exact) mass is 526 g/mol. The van der Waals surface area contributed by atoms with Crippen LogP contribution in [0.5, 0.6) is 0 Å². The van der Waals surface area contributed by atoms with Crippen LogP contribution in [0.25, 0.3) is 0 Å². The quantitative estimate of drug-likeness (QED) is 0.374. The second-order valence-corrected chi connectivity index (χ2v) is 12.1. The van der Waals surface area contributed by atoms with Crippen molar-refractivity contribution in [1.29, 1.82) is 0 Å². The number of benzene rings is 3. The van der Waals surface area contributed by atoms with E-state index >= 15 is 0 Å². The number of aryl methyl sites for hydroxylation is 1. The molecule has 0 bridgehead atoms. The predicted molar refractivity (Wildman–Crippen MR) is 136 cm³/mol. The van der Waals surface area contributed by atoms with Crippen LogP contribution in [0.3, 0.4) is 0 Å². The van der Waals surface area contributed by atoms with E-state index in [2.05, 4.69) is 10.5 Å². The minimum absolute atomic E-state index is 0.0189. The molecule has 1 atom stereocenters. The number of carbonyl (C=O) groups excluding carboxylic acids is 1. The van der Waals surface area contributed by atoms with E-state index in [1.54, 1.807) is 36.4 Å². The highest BCUT2D eigenvalue weighted by Crippen LogP contribution is 2.25. The van der Waals surface area contributed by atoms with Crippen molar-refractivity contribution < 1.29 is 21.6 Å². The van der Waals surface area contributed by atoms with Crippen molar-refractivity contribution in [3.63, 3.8) is 0 Å². The largest absolute Gasteiger partial charge is 0.271 e. The Morgan fingerprint density at radius 1 is 0.861 bits per heavy atom. The Balaban J connectivity index is 1.63. The maximum absolute atomic E-state index is 13.4. The molecule has 0 saturated carbocycles. The zero-order valence-electron chi connectivity index (χ0n) is 19.6. The van der Waals surface area contributed by atoms with Gasteiger partial charge in [0.15, 0.2) is 0 Å². The molecular weight excluding hydrogens is 500 g/mol. The summed E-state index contributed by atoms with van der Waals surface area (Å²) in [6, 6.07) is 21.7. The first-order valence-electron chi connectivity index (χ1n) is 11.2. The minimum atomic E-state index is -4.07. The number of hydrogen-bond acceptors (Lipinski definition) is 6. The first-order chi connectivity index (χ1) is 17.2. The molecule has 0 unspecified atom stereocenters. The normalized spacial score (nSPS) is 17.8. The molecule has 1 N–H and O–H groups in total. The lowest BCUT2D eigenvalue weighted by atomic mass is 10.2. The number of rotatable bonds is 7. The number of sulfonamides is 2. The molecule has 1 fully saturated rings. The highest BCUT2D eigenvalue weighted by molar-refractivity contribution is 7.89. The van der Waals surface area contributed by atoms with Gasteiger partial charge in [-0.25, -0.2) is 22.3 Å². The molecule has 0 radical (unpaired) electrons. The Morgan fingerprint density at radius 3 is 2.08 bits per heavy atom. The average Bonchev–Trinajstić information content (AvgIpc) is 2.89. The number of carbonyl (C=O) groups is 1. The highest BCUT2D eigenvalue weighted by Gasteiger charge is 2.43. The van der Waals surface area contributed by atoms with Crippen LogP contribution < -0.4 is 5.43 Å². The van der Waals surface area contributed by atoms with Crippen LogP contribution in [-0.2, 0) is 24.8 Å². The van der Waals surface area contributed by atoms with Crippen molar-refractivity contribution in [2.45, 2.75) is 22.8 Å². The SMILES string of the molecule is Cc1cccc(/C=N\NC(=O)[C@H]2CN(S(=O)(=O)c3ccccc3)CCN2S(=O)(=O)c2ccccc2)c1. The summed E-state index contributed by atoms with van der Waals surface area (Å²) >= 11 is 0. The topological polar surface area (TPSA) is 116 Å².